The molecule has 0 spiro atoms. The predicted molar refractivity (Wildman–Crippen MR) is 62.2 cm³/mol. The monoisotopic (exact) mass is 284 g/mol. The molecule has 0 aromatic rings. The maximum absolute atomic E-state index is 12.9. The van der Waals surface area contributed by atoms with Crippen LogP contribution in [0.3, 0.4) is 0 Å². The second-order valence-electron chi connectivity index (χ2n) is 5.71. The van der Waals surface area contributed by atoms with Gasteiger partial charge in [0.1, 0.15) is 6.10 Å². The van der Waals surface area contributed by atoms with Crippen LogP contribution >= 0.6 is 0 Å². The van der Waals surface area contributed by atoms with Crippen molar-refractivity contribution in [1.29, 1.82) is 0 Å². The van der Waals surface area contributed by atoms with E-state index in [2.05, 4.69) is 0 Å². The van der Waals surface area contributed by atoms with Crippen LogP contribution in [-0.4, -0.2) is 24.4 Å². The highest BCUT2D eigenvalue weighted by Crippen LogP contribution is 2.36. The van der Waals surface area contributed by atoms with Gasteiger partial charge < -0.3 is 4.74 Å². The van der Waals surface area contributed by atoms with Crippen LogP contribution < -0.4 is 0 Å². The Morgan fingerprint density at radius 1 is 1.26 bits per heavy atom. The average molecular weight is 284 g/mol. The number of esters is 1. The van der Waals surface area contributed by atoms with E-state index >= 15 is 0 Å². The van der Waals surface area contributed by atoms with Gasteiger partial charge in [-0.05, 0) is 30.6 Å². The lowest BCUT2D eigenvalue weighted by atomic mass is 9.75. The van der Waals surface area contributed by atoms with Crippen LogP contribution in [0.15, 0.2) is 0 Å². The van der Waals surface area contributed by atoms with Gasteiger partial charge in [0, 0.05) is 0 Å². The number of alkyl halides is 4. The molecule has 1 aliphatic carbocycles. The molecule has 112 valence electrons. The number of carbonyl (C=O) groups is 1. The van der Waals surface area contributed by atoms with Gasteiger partial charge in [-0.1, -0.05) is 27.2 Å². The number of halogens is 4. The van der Waals surface area contributed by atoms with E-state index in [0.29, 0.717) is 6.42 Å². The molecule has 19 heavy (non-hydrogen) atoms. The van der Waals surface area contributed by atoms with E-state index in [1.54, 1.807) is 0 Å². The molecule has 4 atom stereocenters. The van der Waals surface area contributed by atoms with Crippen molar-refractivity contribution in [2.75, 3.05) is 0 Å². The highest BCUT2D eigenvalue weighted by atomic mass is 19.4. The third-order valence-electron chi connectivity index (χ3n) is 3.72. The van der Waals surface area contributed by atoms with Crippen LogP contribution in [0.5, 0.6) is 0 Å². The van der Waals surface area contributed by atoms with Crippen molar-refractivity contribution in [1.82, 2.24) is 0 Å². The van der Waals surface area contributed by atoms with Crippen LogP contribution in [0.1, 0.15) is 40.0 Å². The molecule has 0 radical (unpaired) electrons. The van der Waals surface area contributed by atoms with Crippen molar-refractivity contribution in [2.45, 2.75) is 58.5 Å². The zero-order valence-corrected chi connectivity index (χ0v) is 11.3. The van der Waals surface area contributed by atoms with E-state index in [1.165, 1.54) is 0 Å². The number of hydrogen-bond acceptors (Lipinski definition) is 2. The molecule has 0 aromatic heterocycles. The minimum absolute atomic E-state index is 0.000540. The van der Waals surface area contributed by atoms with Gasteiger partial charge in [-0.25, -0.2) is 9.18 Å². The number of hydrogen-bond donors (Lipinski definition) is 0. The number of carbonyl (C=O) groups excluding carboxylic acids is 1. The largest absolute Gasteiger partial charge is 0.460 e. The van der Waals surface area contributed by atoms with Gasteiger partial charge in [0.05, 0.1) is 0 Å². The topological polar surface area (TPSA) is 26.3 Å². The van der Waals surface area contributed by atoms with Crippen molar-refractivity contribution in [3.8, 4) is 0 Å². The average Bonchev–Trinajstić information content (AvgIpc) is 2.26. The maximum Gasteiger partial charge on any atom is 0.430 e. The first-order chi connectivity index (χ1) is 8.62. The summed E-state index contributed by atoms with van der Waals surface area (Å²) >= 11 is 0. The van der Waals surface area contributed by atoms with Crippen molar-refractivity contribution < 1.29 is 27.1 Å². The number of rotatable bonds is 3. The molecule has 1 fully saturated rings. The van der Waals surface area contributed by atoms with Crippen LogP contribution in [-0.2, 0) is 9.53 Å². The van der Waals surface area contributed by atoms with Crippen molar-refractivity contribution >= 4 is 5.97 Å². The quantitative estimate of drug-likeness (QED) is 0.580. The first-order valence-electron chi connectivity index (χ1n) is 6.54. The fraction of sp³-hybridized carbons (Fsp3) is 0.923. The standard InChI is InChI=1S/C13H20F4O2/c1-7(2)9-5-4-8(3)6-10(9)19-12(18)11(14)13(15,16)17/h7-11H,4-6H2,1-3H3/t8-,9+,10-,11?/m1/s1. The molecular weight excluding hydrogens is 264 g/mol. The summed E-state index contributed by atoms with van der Waals surface area (Å²) in [5.74, 6) is -1.34. The first-order valence-corrected chi connectivity index (χ1v) is 6.54. The van der Waals surface area contributed by atoms with Gasteiger partial charge in [0.15, 0.2) is 0 Å². The molecule has 0 bridgehead atoms. The Morgan fingerprint density at radius 2 is 1.84 bits per heavy atom. The van der Waals surface area contributed by atoms with Crippen molar-refractivity contribution in [3.63, 3.8) is 0 Å². The molecule has 1 rings (SSSR count). The van der Waals surface area contributed by atoms with Crippen LogP contribution in [0.2, 0.25) is 0 Å². The molecule has 1 aliphatic rings. The van der Waals surface area contributed by atoms with Crippen molar-refractivity contribution in [3.05, 3.63) is 0 Å². The van der Waals surface area contributed by atoms with E-state index in [-0.39, 0.29) is 17.8 Å². The van der Waals surface area contributed by atoms with Gasteiger partial charge in [0.2, 0.25) is 0 Å². The first kappa shape index (κ1) is 16.2. The van der Waals surface area contributed by atoms with Gasteiger partial charge in [0.25, 0.3) is 6.17 Å². The van der Waals surface area contributed by atoms with E-state index in [4.69, 9.17) is 4.74 Å². The SMILES string of the molecule is CC(C)[C@@H]1CC[C@@H](C)C[C@H]1OC(=O)C(F)C(F)(F)F. The van der Waals surface area contributed by atoms with E-state index in [1.807, 2.05) is 20.8 Å². The Bertz CT molecular complexity index is 314. The fourth-order valence-corrected chi connectivity index (χ4v) is 2.59. The van der Waals surface area contributed by atoms with Gasteiger partial charge >= 0.3 is 12.1 Å². The van der Waals surface area contributed by atoms with Crippen LogP contribution in [0, 0.1) is 17.8 Å². The predicted octanol–water partition coefficient (Wildman–Crippen LogP) is 3.89. The molecule has 0 amide bonds. The lowest BCUT2D eigenvalue weighted by Crippen LogP contribution is -2.41. The second kappa shape index (κ2) is 6.09. The summed E-state index contributed by atoms with van der Waals surface area (Å²) in [5.41, 5.74) is 0. The normalized spacial score (nSPS) is 30.2. The smallest absolute Gasteiger partial charge is 0.430 e. The Labute approximate surface area is 110 Å². The lowest BCUT2D eigenvalue weighted by Gasteiger charge is -2.36. The van der Waals surface area contributed by atoms with E-state index in [9.17, 15) is 22.4 Å². The molecule has 2 nitrogen and oxygen atoms in total. The second-order valence-corrected chi connectivity index (χ2v) is 5.71. The summed E-state index contributed by atoms with van der Waals surface area (Å²) in [6.07, 6.45) is -7.10. The molecule has 6 heteroatoms. The summed E-state index contributed by atoms with van der Waals surface area (Å²) in [5, 5.41) is 0. The molecule has 0 N–H and O–H groups in total. The third kappa shape index (κ3) is 4.35. The Hall–Kier alpha value is -0.810. The molecular formula is C13H20F4O2. The van der Waals surface area contributed by atoms with Gasteiger partial charge in [-0.3, -0.25) is 0 Å². The summed E-state index contributed by atoms with van der Waals surface area (Å²) < 4.78 is 54.0. The highest BCUT2D eigenvalue weighted by Gasteiger charge is 2.48. The lowest BCUT2D eigenvalue weighted by molar-refractivity contribution is -0.207. The summed E-state index contributed by atoms with van der Waals surface area (Å²) in [7, 11) is 0. The Balaban J connectivity index is 2.69. The molecule has 1 saturated carbocycles. The zero-order chi connectivity index (χ0) is 14.8. The highest BCUT2D eigenvalue weighted by molar-refractivity contribution is 5.75. The van der Waals surface area contributed by atoms with Gasteiger partial charge in [-0.2, -0.15) is 13.2 Å². The summed E-state index contributed by atoms with van der Waals surface area (Å²) in [6.45, 7) is 5.81. The molecule has 0 saturated heterocycles. The summed E-state index contributed by atoms with van der Waals surface area (Å²) in [4.78, 5) is 11.2. The minimum Gasteiger partial charge on any atom is -0.460 e. The summed E-state index contributed by atoms with van der Waals surface area (Å²) in [6, 6.07) is 0. The number of ether oxygens (including phenoxy) is 1. The minimum atomic E-state index is -5.19. The van der Waals surface area contributed by atoms with E-state index < -0.39 is 24.4 Å². The van der Waals surface area contributed by atoms with Crippen molar-refractivity contribution in [2.24, 2.45) is 17.8 Å². The Kier molecular flexibility index (Phi) is 5.21. The molecule has 0 aromatic carbocycles. The maximum atomic E-state index is 12.9. The van der Waals surface area contributed by atoms with Crippen LogP contribution in [0.4, 0.5) is 17.6 Å². The Morgan fingerprint density at radius 3 is 2.32 bits per heavy atom. The molecule has 0 aliphatic heterocycles. The van der Waals surface area contributed by atoms with Gasteiger partial charge in [-0.15, -0.1) is 0 Å². The van der Waals surface area contributed by atoms with E-state index in [0.717, 1.165) is 12.8 Å². The fourth-order valence-electron chi connectivity index (χ4n) is 2.59. The molecule has 1 unspecified atom stereocenters. The molecule has 0 heterocycles. The zero-order valence-electron chi connectivity index (χ0n) is 11.3. The van der Waals surface area contributed by atoms with Crippen LogP contribution in [0.25, 0.3) is 0 Å². The third-order valence-corrected chi connectivity index (χ3v) is 3.72.